The van der Waals surface area contributed by atoms with E-state index in [1.807, 2.05) is 24.3 Å². The molecule has 2 amide bonds. The number of benzene rings is 2. The molecule has 13 nitrogen and oxygen atoms in total. The first kappa shape index (κ1) is 34.5. The summed E-state index contributed by atoms with van der Waals surface area (Å²) in [5.41, 5.74) is 5.64. The molecular weight excluding hydrogens is 609 g/mol. The fraction of sp³-hybridized carbons (Fsp3) is 0.481. The van der Waals surface area contributed by atoms with E-state index in [0.29, 0.717) is 39.4 Å². The molecule has 0 saturated carbocycles. The molecule has 0 bridgehead atoms. The van der Waals surface area contributed by atoms with Gasteiger partial charge < -0.3 is 30.3 Å². The van der Waals surface area contributed by atoms with Crippen molar-refractivity contribution in [3.63, 3.8) is 0 Å². The average Bonchev–Trinajstić information content (AvgIpc) is 2.99. The fourth-order valence-electron chi connectivity index (χ4n) is 4.79. The molecule has 0 aliphatic carbocycles. The number of nitrogens with one attached hydrogen (secondary N) is 2. The summed E-state index contributed by atoms with van der Waals surface area (Å²) in [6, 6.07) is 10.7. The van der Waals surface area contributed by atoms with Crippen molar-refractivity contribution in [3.8, 4) is 0 Å². The van der Waals surface area contributed by atoms with E-state index in [1.165, 1.54) is 11.0 Å². The second kappa shape index (κ2) is 14.7. The highest BCUT2D eigenvalue weighted by atomic mass is 32.2. The quantitative estimate of drug-likeness (QED) is 0.254. The van der Waals surface area contributed by atoms with Crippen LogP contribution in [0.2, 0.25) is 0 Å². The number of likely N-dealkylation sites (N-methyl/N-ethyl adjacent to an activating group) is 1. The van der Waals surface area contributed by atoms with Crippen LogP contribution >= 0.6 is 0 Å². The van der Waals surface area contributed by atoms with E-state index in [0.717, 1.165) is 23.6 Å². The lowest BCUT2D eigenvalue weighted by molar-refractivity contribution is -0.192. The van der Waals surface area contributed by atoms with Crippen LogP contribution in [0.25, 0.3) is 10.8 Å². The van der Waals surface area contributed by atoms with Crippen molar-refractivity contribution in [2.24, 2.45) is 5.73 Å². The lowest BCUT2D eigenvalue weighted by atomic mass is 10.0. The number of ether oxygens (including phenoxy) is 1. The van der Waals surface area contributed by atoms with Crippen LogP contribution in [0.15, 0.2) is 47.4 Å². The van der Waals surface area contributed by atoms with Crippen molar-refractivity contribution in [1.29, 1.82) is 5.41 Å². The number of hydrogen-bond acceptors (Lipinski definition) is 7. The Morgan fingerprint density at radius 1 is 1.11 bits per heavy atom. The maximum Gasteiger partial charge on any atom is 0.490 e. The summed E-state index contributed by atoms with van der Waals surface area (Å²) in [5, 5.41) is 16.5. The number of nitrogens with two attached hydrogens (primary N) is 1. The Morgan fingerprint density at radius 3 is 2.32 bits per heavy atom. The number of fused-ring (bicyclic) bond motifs is 1. The van der Waals surface area contributed by atoms with Gasteiger partial charge in [0.15, 0.2) is 5.96 Å². The zero-order valence-electron chi connectivity index (χ0n) is 23.9. The molecule has 2 unspecified atom stereocenters. The predicted molar refractivity (Wildman–Crippen MR) is 153 cm³/mol. The Balaban J connectivity index is 0.000000676. The zero-order valence-corrected chi connectivity index (χ0v) is 24.7. The number of carboxylic acids is 1. The molecule has 17 heteroatoms. The van der Waals surface area contributed by atoms with E-state index in [2.05, 4.69) is 4.72 Å². The molecule has 2 fully saturated rings. The highest BCUT2D eigenvalue weighted by Gasteiger charge is 2.38. The van der Waals surface area contributed by atoms with E-state index in [-0.39, 0.29) is 29.2 Å². The topological polar surface area (TPSA) is 186 Å². The molecule has 2 aromatic rings. The van der Waals surface area contributed by atoms with E-state index < -0.39 is 34.1 Å². The second-order valence-corrected chi connectivity index (χ2v) is 12.0. The number of sulfonamides is 1. The molecule has 0 spiro atoms. The number of piperidine rings is 1. The van der Waals surface area contributed by atoms with Gasteiger partial charge in [-0.1, -0.05) is 30.3 Å². The lowest BCUT2D eigenvalue weighted by Gasteiger charge is -2.38. The van der Waals surface area contributed by atoms with Crippen LogP contribution in [-0.2, 0) is 29.1 Å². The number of rotatable bonds is 7. The Kier molecular flexibility index (Phi) is 11.5. The number of nitrogens with zero attached hydrogens (tertiary/aromatic N) is 3. The summed E-state index contributed by atoms with van der Waals surface area (Å²) in [5.74, 6) is -3.62. The van der Waals surface area contributed by atoms with Gasteiger partial charge in [0.2, 0.25) is 21.8 Å². The third kappa shape index (κ3) is 9.27. The van der Waals surface area contributed by atoms with E-state index in [9.17, 15) is 31.2 Å². The van der Waals surface area contributed by atoms with Crippen LogP contribution in [-0.4, -0.2) is 117 Å². The van der Waals surface area contributed by atoms with Crippen molar-refractivity contribution in [1.82, 2.24) is 19.4 Å². The normalized spacial score (nSPS) is 18.1. The van der Waals surface area contributed by atoms with Crippen LogP contribution in [0.3, 0.4) is 0 Å². The second-order valence-electron chi connectivity index (χ2n) is 10.3. The number of halogens is 3. The van der Waals surface area contributed by atoms with Crippen molar-refractivity contribution in [2.45, 2.75) is 42.4 Å². The van der Waals surface area contributed by atoms with E-state index in [4.69, 9.17) is 25.8 Å². The molecule has 2 atom stereocenters. The maximum absolute atomic E-state index is 13.4. The van der Waals surface area contributed by atoms with Crippen molar-refractivity contribution < 1.29 is 45.8 Å². The predicted octanol–water partition coefficient (Wildman–Crippen LogP) is 1.19. The number of carboxylic acid groups (broad SMARTS) is 1. The maximum atomic E-state index is 13.4. The van der Waals surface area contributed by atoms with Gasteiger partial charge in [0.25, 0.3) is 0 Å². The van der Waals surface area contributed by atoms with Gasteiger partial charge in [-0.05, 0) is 35.7 Å². The van der Waals surface area contributed by atoms with Crippen LogP contribution in [0, 0.1) is 5.41 Å². The van der Waals surface area contributed by atoms with Gasteiger partial charge in [0.05, 0.1) is 24.5 Å². The number of hydrogen-bond donors (Lipinski definition) is 4. The number of guanidine groups is 1. The van der Waals surface area contributed by atoms with Gasteiger partial charge in [-0.25, -0.2) is 13.2 Å². The Bertz CT molecular complexity index is 1470. The molecule has 44 heavy (non-hydrogen) atoms. The molecule has 242 valence electrons. The van der Waals surface area contributed by atoms with E-state index in [1.54, 1.807) is 29.0 Å². The minimum atomic E-state index is -5.08. The molecule has 2 saturated heterocycles. The molecular formula is C27H35F3N6O7S. The molecule has 0 aromatic heterocycles. The molecule has 2 heterocycles. The highest BCUT2D eigenvalue weighted by Crippen LogP contribution is 2.21. The molecule has 5 N–H and O–H groups in total. The first-order chi connectivity index (χ1) is 20.6. The highest BCUT2D eigenvalue weighted by molar-refractivity contribution is 7.89. The van der Waals surface area contributed by atoms with E-state index >= 15 is 0 Å². The Hall–Kier alpha value is -3.96. The Labute approximate surface area is 252 Å². The number of likely N-dealkylation sites (tertiary alicyclic amines) is 1. The minimum Gasteiger partial charge on any atom is -0.475 e. The number of carbonyl (C=O) groups is 3. The molecule has 2 aliphatic rings. The van der Waals surface area contributed by atoms with Gasteiger partial charge in [-0.15, -0.1) is 0 Å². The summed E-state index contributed by atoms with van der Waals surface area (Å²) >= 11 is 0. The molecule has 4 rings (SSSR count). The van der Waals surface area contributed by atoms with Gasteiger partial charge >= 0.3 is 12.1 Å². The number of morpholine rings is 1. The van der Waals surface area contributed by atoms with Gasteiger partial charge in [0, 0.05) is 39.3 Å². The van der Waals surface area contributed by atoms with Gasteiger partial charge in [-0.2, -0.15) is 17.9 Å². The molecule has 2 aromatic carbocycles. The first-order valence-electron chi connectivity index (χ1n) is 13.6. The minimum absolute atomic E-state index is 0.0242. The average molecular weight is 645 g/mol. The van der Waals surface area contributed by atoms with Crippen LogP contribution < -0.4 is 10.5 Å². The third-order valence-corrected chi connectivity index (χ3v) is 8.72. The number of aliphatic carboxylic acids is 1. The van der Waals surface area contributed by atoms with Crippen molar-refractivity contribution in [2.75, 3.05) is 46.4 Å². The third-order valence-electron chi connectivity index (χ3n) is 7.25. The van der Waals surface area contributed by atoms with Crippen LogP contribution in [0.4, 0.5) is 13.2 Å². The summed E-state index contributed by atoms with van der Waals surface area (Å²) in [6.07, 6.45) is -3.90. The number of carbonyl (C=O) groups excluding carboxylic acids is 2. The van der Waals surface area contributed by atoms with Gasteiger partial charge in [-0.3, -0.25) is 15.0 Å². The zero-order chi connectivity index (χ0) is 32.7. The lowest BCUT2D eigenvalue weighted by Crippen LogP contribution is -2.55. The van der Waals surface area contributed by atoms with Gasteiger partial charge in [0.1, 0.15) is 6.04 Å². The monoisotopic (exact) mass is 644 g/mol. The Morgan fingerprint density at radius 2 is 1.73 bits per heavy atom. The summed E-state index contributed by atoms with van der Waals surface area (Å²) in [6.45, 7) is 2.43. The summed E-state index contributed by atoms with van der Waals surface area (Å²) < 4.78 is 66.3. The molecule has 0 radical (unpaired) electrons. The number of amides is 2. The standard InChI is InChI=1S/C25H34N6O5S.C2HF3O2/c1-29(20-7-4-10-31(17-20)25(26)27)23(32)16-22(24(33)30-11-13-36-14-12-30)28-37(34,35)21-9-8-18-5-2-3-6-19(18)15-21;3-2(4,5)1(6)7/h2-3,5-6,8-9,15,20,22,28H,4,7,10-14,16-17H2,1H3,(H3,26,27);(H,6,7). The number of alkyl halides is 3. The summed E-state index contributed by atoms with van der Waals surface area (Å²) in [4.78, 5) is 40.4. The summed E-state index contributed by atoms with van der Waals surface area (Å²) in [7, 11) is -2.46. The smallest absolute Gasteiger partial charge is 0.475 e. The fourth-order valence-corrected chi connectivity index (χ4v) is 6.01. The van der Waals surface area contributed by atoms with Crippen LogP contribution in [0.5, 0.6) is 0 Å². The van der Waals surface area contributed by atoms with Crippen molar-refractivity contribution >= 4 is 44.5 Å². The first-order valence-corrected chi connectivity index (χ1v) is 15.1. The molecule has 2 aliphatic heterocycles. The van der Waals surface area contributed by atoms with Crippen LogP contribution in [0.1, 0.15) is 19.3 Å². The SMILES string of the molecule is CN(C(=O)CC(NS(=O)(=O)c1ccc2ccccc2c1)C(=O)N1CCOCC1)C1CCCN(C(=N)N)C1.O=C(O)C(F)(F)F. The van der Waals surface area contributed by atoms with Crippen molar-refractivity contribution in [3.05, 3.63) is 42.5 Å². The largest absolute Gasteiger partial charge is 0.490 e.